The number of rotatable bonds is 5. The summed E-state index contributed by atoms with van der Waals surface area (Å²) in [5.74, 6) is 0. The fraction of sp³-hybridized carbons (Fsp3) is 0.600. The van der Waals surface area contributed by atoms with Crippen LogP contribution in [-0.4, -0.2) is 28.5 Å². The van der Waals surface area contributed by atoms with Crippen LogP contribution in [0.5, 0.6) is 0 Å². The fourth-order valence-electron chi connectivity index (χ4n) is 2.91. The van der Waals surface area contributed by atoms with Gasteiger partial charge in [0.25, 0.3) is 0 Å². The van der Waals surface area contributed by atoms with Crippen LogP contribution >= 0.6 is 35.0 Å². The molecule has 0 heterocycles. The summed E-state index contributed by atoms with van der Waals surface area (Å²) in [6.07, 6.45) is 5.64. The van der Waals surface area contributed by atoms with Gasteiger partial charge in [0.05, 0.1) is 11.6 Å². The Morgan fingerprint density at radius 3 is 2.80 bits per heavy atom. The van der Waals surface area contributed by atoms with Crippen LogP contribution in [0.1, 0.15) is 32.1 Å². The molecule has 0 saturated heterocycles. The van der Waals surface area contributed by atoms with Gasteiger partial charge in [-0.15, -0.1) is 11.8 Å². The summed E-state index contributed by atoms with van der Waals surface area (Å²) in [4.78, 5) is 1.05. The van der Waals surface area contributed by atoms with Crippen LogP contribution in [0.25, 0.3) is 0 Å². The van der Waals surface area contributed by atoms with Gasteiger partial charge in [0.15, 0.2) is 0 Å². The van der Waals surface area contributed by atoms with Crippen molar-refractivity contribution in [1.29, 1.82) is 0 Å². The monoisotopic (exact) mass is 331 g/mol. The molecule has 1 aromatic rings. The van der Waals surface area contributed by atoms with E-state index in [2.05, 4.69) is 5.32 Å². The van der Waals surface area contributed by atoms with Crippen LogP contribution < -0.4 is 5.32 Å². The number of hydrogen-bond acceptors (Lipinski definition) is 3. The second-order valence-corrected chi connectivity index (χ2v) is 8.10. The van der Waals surface area contributed by atoms with Crippen molar-refractivity contribution < 1.29 is 5.11 Å². The normalized spacial score (nSPS) is 29.9. The number of benzene rings is 1. The quantitative estimate of drug-likeness (QED) is 0.851. The lowest BCUT2D eigenvalue weighted by Gasteiger charge is -2.28. The highest BCUT2D eigenvalue weighted by atomic mass is 35.5. The summed E-state index contributed by atoms with van der Waals surface area (Å²) in [5.41, 5.74) is -0.0795. The molecule has 0 radical (unpaired) electrons. The third kappa shape index (κ3) is 3.45. The predicted octanol–water partition coefficient (Wildman–Crippen LogP) is 4.12. The Morgan fingerprint density at radius 2 is 2.10 bits per heavy atom. The zero-order chi connectivity index (χ0) is 14.2. The molecule has 0 bridgehead atoms. The van der Waals surface area contributed by atoms with Gasteiger partial charge in [-0.25, -0.2) is 0 Å². The van der Waals surface area contributed by atoms with Crippen molar-refractivity contribution in [3.63, 3.8) is 0 Å². The summed E-state index contributed by atoms with van der Waals surface area (Å²) in [5, 5.41) is 15.4. The van der Waals surface area contributed by atoms with E-state index in [9.17, 15) is 5.11 Å². The standard InChI is InChI=1S/C15H19Cl2NOS/c16-10-1-4-13(17)14(7-10)20-12-5-6-15(8-12,9-19)18-11-2-3-11/h1,4,7,11-12,18-19H,2-3,5-6,8-9H2. The number of nitrogens with one attached hydrogen (secondary N) is 1. The van der Waals surface area contributed by atoms with Crippen molar-refractivity contribution in [2.24, 2.45) is 0 Å². The highest BCUT2D eigenvalue weighted by molar-refractivity contribution is 8.00. The zero-order valence-electron chi connectivity index (χ0n) is 11.2. The first-order chi connectivity index (χ1) is 9.60. The number of thioether (sulfide) groups is 1. The summed E-state index contributed by atoms with van der Waals surface area (Å²) in [7, 11) is 0. The molecular weight excluding hydrogens is 313 g/mol. The Kier molecular flexibility index (Phi) is 4.54. The third-order valence-corrected chi connectivity index (χ3v) is 6.14. The molecule has 0 spiro atoms. The Labute approximate surface area is 134 Å². The van der Waals surface area contributed by atoms with E-state index in [0.717, 1.165) is 34.2 Å². The van der Waals surface area contributed by atoms with Crippen molar-refractivity contribution in [3.8, 4) is 0 Å². The van der Waals surface area contributed by atoms with Gasteiger partial charge >= 0.3 is 0 Å². The number of halogens is 2. The predicted molar refractivity (Wildman–Crippen MR) is 85.9 cm³/mol. The topological polar surface area (TPSA) is 32.3 Å². The second-order valence-electron chi connectivity index (χ2n) is 5.91. The Morgan fingerprint density at radius 1 is 1.30 bits per heavy atom. The maximum Gasteiger partial charge on any atom is 0.0613 e. The van der Waals surface area contributed by atoms with Crippen molar-refractivity contribution in [1.82, 2.24) is 5.32 Å². The van der Waals surface area contributed by atoms with Gasteiger partial charge in [-0.2, -0.15) is 0 Å². The van der Waals surface area contributed by atoms with Gasteiger partial charge in [-0.3, -0.25) is 0 Å². The molecule has 3 rings (SSSR count). The summed E-state index contributed by atoms with van der Waals surface area (Å²) < 4.78 is 0. The maximum absolute atomic E-state index is 9.76. The highest BCUT2D eigenvalue weighted by Crippen LogP contribution is 2.43. The van der Waals surface area contributed by atoms with E-state index in [1.54, 1.807) is 11.8 Å². The molecule has 0 aliphatic heterocycles. The first-order valence-electron chi connectivity index (χ1n) is 7.10. The van der Waals surface area contributed by atoms with Crippen molar-refractivity contribution >= 4 is 35.0 Å². The van der Waals surface area contributed by atoms with Crippen LogP contribution in [0.2, 0.25) is 10.0 Å². The Hall–Kier alpha value is 0.0700. The van der Waals surface area contributed by atoms with Crippen LogP contribution in [0.15, 0.2) is 23.1 Å². The lowest BCUT2D eigenvalue weighted by atomic mass is 9.99. The van der Waals surface area contributed by atoms with Crippen molar-refractivity contribution in [2.45, 2.75) is 53.8 Å². The minimum atomic E-state index is -0.0795. The van der Waals surface area contributed by atoms with E-state index < -0.39 is 0 Å². The number of hydrogen-bond donors (Lipinski definition) is 2. The number of aliphatic hydroxyl groups is 1. The summed E-state index contributed by atoms with van der Waals surface area (Å²) in [6.45, 7) is 0.226. The maximum atomic E-state index is 9.76. The van der Waals surface area contributed by atoms with E-state index in [4.69, 9.17) is 23.2 Å². The average molecular weight is 332 g/mol. The van der Waals surface area contributed by atoms with Crippen molar-refractivity contribution in [2.75, 3.05) is 6.61 Å². The van der Waals surface area contributed by atoms with Gasteiger partial charge in [0.1, 0.15) is 0 Å². The highest BCUT2D eigenvalue weighted by Gasteiger charge is 2.42. The number of aliphatic hydroxyl groups excluding tert-OH is 1. The van der Waals surface area contributed by atoms with Gasteiger partial charge in [-0.1, -0.05) is 23.2 Å². The van der Waals surface area contributed by atoms with E-state index >= 15 is 0 Å². The Balaban J connectivity index is 1.65. The molecule has 1 aromatic carbocycles. The molecule has 0 aromatic heterocycles. The second kappa shape index (κ2) is 6.05. The molecular formula is C15H19Cl2NOS. The molecule has 2 unspecified atom stereocenters. The lowest BCUT2D eigenvalue weighted by molar-refractivity contribution is 0.163. The average Bonchev–Trinajstić information content (AvgIpc) is 3.14. The first-order valence-corrected chi connectivity index (χ1v) is 8.74. The summed E-state index contributed by atoms with van der Waals surface area (Å²) in [6, 6.07) is 6.22. The molecule has 2 N–H and O–H groups in total. The van der Waals surface area contributed by atoms with Gasteiger partial charge < -0.3 is 10.4 Å². The van der Waals surface area contributed by atoms with Crippen LogP contribution in [0.3, 0.4) is 0 Å². The minimum Gasteiger partial charge on any atom is -0.394 e. The molecule has 20 heavy (non-hydrogen) atoms. The molecule has 5 heteroatoms. The fourth-order valence-corrected chi connectivity index (χ4v) is 4.77. The molecule has 2 atom stereocenters. The Bertz CT molecular complexity index is 495. The molecule has 2 aliphatic carbocycles. The first kappa shape index (κ1) is 15.0. The molecule has 0 amide bonds. The van der Waals surface area contributed by atoms with Crippen LogP contribution in [-0.2, 0) is 0 Å². The minimum absolute atomic E-state index is 0.0795. The summed E-state index contributed by atoms with van der Waals surface area (Å²) >= 11 is 14.1. The van der Waals surface area contributed by atoms with E-state index in [0.29, 0.717) is 11.3 Å². The molecule has 110 valence electrons. The molecule has 2 saturated carbocycles. The van der Waals surface area contributed by atoms with Gasteiger partial charge in [0, 0.05) is 26.7 Å². The van der Waals surface area contributed by atoms with Crippen LogP contribution in [0.4, 0.5) is 0 Å². The zero-order valence-corrected chi connectivity index (χ0v) is 13.6. The molecule has 2 aliphatic rings. The van der Waals surface area contributed by atoms with E-state index in [-0.39, 0.29) is 12.1 Å². The van der Waals surface area contributed by atoms with Crippen LogP contribution in [0, 0.1) is 0 Å². The molecule has 2 fully saturated rings. The largest absolute Gasteiger partial charge is 0.394 e. The lowest BCUT2D eigenvalue weighted by Crippen LogP contribution is -2.47. The molecule has 2 nitrogen and oxygen atoms in total. The van der Waals surface area contributed by atoms with E-state index in [1.807, 2.05) is 18.2 Å². The van der Waals surface area contributed by atoms with E-state index in [1.165, 1.54) is 12.8 Å². The van der Waals surface area contributed by atoms with Crippen molar-refractivity contribution in [3.05, 3.63) is 28.2 Å². The third-order valence-electron chi connectivity index (χ3n) is 4.14. The SMILES string of the molecule is OCC1(NC2CC2)CCC(Sc2cc(Cl)ccc2Cl)C1. The van der Waals surface area contributed by atoms with Gasteiger partial charge in [0.2, 0.25) is 0 Å². The smallest absolute Gasteiger partial charge is 0.0613 e. The van der Waals surface area contributed by atoms with Gasteiger partial charge in [-0.05, 0) is 50.3 Å².